The lowest BCUT2D eigenvalue weighted by molar-refractivity contribution is 0.142. The van der Waals surface area contributed by atoms with Gasteiger partial charge in [0, 0.05) is 25.3 Å². The second-order valence-corrected chi connectivity index (χ2v) is 4.67. The summed E-state index contributed by atoms with van der Waals surface area (Å²) < 4.78 is 5.46. The Morgan fingerprint density at radius 3 is 2.71 bits per heavy atom. The molecule has 84 valence electrons. The minimum absolute atomic E-state index is 0.679. The van der Waals surface area contributed by atoms with Crippen LogP contribution in [0.25, 0.3) is 0 Å². The van der Waals surface area contributed by atoms with E-state index < -0.39 is 0 Å². The van der Waals surface area contributed by atoms with Crippen molar-refractivity contribution in [2.75, 3.05) is 13.2 Å². The fourth-order valence-corrected chi connectivity index (χ4v) is 2.15. The van der Waals surface area contributed by atoms with Gasteiger partial charge in [-0.1, -0.05) is 20.8 Å². The molecule has 0 aromatic heterocycles. The monoisotopic (exact) mass is 199 g/mol. The van der Waals surface area contributed by atoms with Crippen molar-refractivity contribution < 1.29 is 4.74 Å². The molecule has 2 atom stereocenters. The smallest absolute Gasteiger partial charge is 0.0480 e. The Morgan fingerprint density at radius 2 is 2.07 bits per heavy atom. The van der Waals surface area contributed by atoms with Gasteiger partial charge in [-0.05, 0) is 31.6 Å². The average Bonchev–Trinajstić information content (AvgIpc) is 2.41. The van der Waals surface area contributed by atoms with Crippen molar-refractivity contribution in [1.29, 1.82) is 0 Å². The van der Waals surface area contributed by atoms with Gasteiger partial charge in [0.15, 0.2) is 0 Å². The fraction of sp³-hybridized carbons (Fsp3) is 1.00. The van der Waals surface area contributed by atoms with Crippen LogP contribution in [0.4, 0.5) is 0 Å². The number of ether oxygens (including phenoxy) is 1. The van der Waals surface area contributed by atoms with Gasteiger partial charge in [-0.25, -0.2) is 0 Å². The van der Waals surface area contributed by atoms with Gasteiger partial charge in [0.1, 0.15) is 0 Å². The third-order valence-corrected chi connectivity index (χ3v) is 3.15. The molecule has 14 heavy (non-hydrogen) atoms. The molecule has 0 radical (unpaired) electrons. The summed E-state index contributed by atoms with van der Waals surface area (Å²) in [6.45, 7) is 8.76. The van der Waals surface area contributed by atoms with E-state index >= 15 is 0 Å². The summed E-state index contributed by atoms with van der Waals surface area (Å²) in [4.78, 5) is 0. The number of hydrogen-bond acceptors (Lipinski definition) is 2. The highest BCUT2D eigenvalue weighted by Gasteiger charge is 2.17. The van der Waals surface area contributed by atoms with Crippen LogP contribution in [0, 0.1) is 5.92 Å². The van der Waals surface area contributed by atoms with Crippen LogP contribution in [0.3, 0.4) is 0 Å². The summed E-state index contributed by atoms with van der Waals surface area (Å²) in [7, 11) is 0. The van der Waals surface area contributed by atoms with Crippen molar-refractivity contribution in [3.63, 3.8) is 0 Å². The lowest BCUT2D eigenvalue weighted by Gasteiger charge is -2.26. The molecule has 0 aromatic carbocycles. The molecular formula is C12H25NO. The van der Waals surface area contributed by atoms with Crippen LogP contribution in [0.15, 0.2) is 0 Å². The van der Waals surface area contributed by atoms with Gasteiger partial charge in [-0.15, -0.1) is 0 Å². The van der Waals surface area contributed by atoms with Crippen molar-refractivity contribution >= 4 is 0 Å². The molecule has 2 unspecified atom stereocenters. The van der Waals surface area contributed by atoms with Crippen LogP contribution in [-0.4, -0.2) is 25.3 Å². The molecule has 2 heteroatoms. The Balaban J connectivity index is 2.32. The van der Waals surface area contributed by atoms with E-state index in [-0.39, 0.29) is 0 Å². The van der Waals surface area contributed by atoms with E-state index in [1.807, 2.05) is 0 Å². The molecular weight excluding hydrogens is 174 g/mol. The maximum Gasteiger partial charge on any atom is 0.0480 e. The van der Waals surface area contributed by atoms with Crippen molar-refractivity contribution in [2.24, 2.45) is 5.92 Å². The standard InChI is InChI=1S/C12H25NO/c1-4-12(10(2)3)13-11-6-5-8-14-9-7-11/h10-13H,4-9H2,1-3H3. The average molecular weight is 199 g/mol. The van der Waals surface area contributed by atoms with Gasteiger partial charge in [0.2, 0.25) is 0 Å². The van der Waals surface area contributed by atoms with Gasteiger partial charge in [0.25, 0.3) is 0 Å². The van der Waals surface area contributed by atoms with Crippen LogP contribution in [-0.2, 0) is 4.74 Å². The molecule has 0 amide bonds. The summed E-state index contributed by atoms with van der Waals surface area (Å²) in [5, 5.41) is 3.77. The minimum atomic E-state index is 0.679. The van der Waals surface area contributed by atoms with E-state index in [0.717, 1.165) is 19.1 Å². The Kier molecular flexibility index (Phi) is 5.49. The summed E-state index contributed by atoms with van der Waals surface area (Å²) in [5.41, 5.74) is 0. The van der Waals surface area contributed by atoms with E-state index in [1.54, 1.807) is 0 Å². The Hall–Kier alpha value is -0.0800. The second-order valence-electron chi connectivity index (χ2n) is 4.67. The highest BCUT2D eigenvalue weighted by atomic mass is 16.5. The van der Waals surface area contributed by atoms with Gasteiger partial charge in [-0.2, -0.15) is 0 Å². The first kappa shape index (κ1) is 12.0. The molecule has 1 rings (SSSR count). The van der Waals surface area contributed by atoms with Gasteiger partial charge >= 0.3 is 0 Å². The van der Waals surface area contributed by atoms with Crippen molar-refractivity contribution in [3.8, 4) is 0 Å². The van der Waals surface area contributed by atoms with Crippen molar-refractivity contribution in [2.45, 2.75) is 58.5 Å². The normalized spacial score (nSPS) is 26.1. The third kappa shape index (κ3) is 3.97. The predicted octanol–water partition coefficient (Wildman–Crippen LogP) is 2.58. The molecule has 0 bridgehead atoms. The van der Waals surface area contributed by atoms with Crippen LogP contribution in [0.2, 0.25) is 0 Å². The lowest BCUT2D eigenvalue weighted by atomic mass is 9.99. The molecule has 2 nitrogen and oxygen atoms in total. The topological polar surface area (TPSA) is 21.3 Å². The molecule has 0 aromatic rings. The van der Waals surface area contributed by atoms with Crippen LogP contribution >= 0.6 is 0 Å². The Labute approximate surface area is 88.4 Å². The molecule has 1 N–H and O–H groups in total. The van der Waals surface area contributed by atoms with Gasteiger partial charge in [-0.3, -0.25) is 0 Å². The predicted molar refractivity (Wildman–Crippen MR) is 60.5 cm³/mol. The summed E-state index contributed by atoms with van der Waals surface area (Å²) in [6, 6.07) is 1.36. The minimum Gasteiger partial charge on any atom is -0.381 e. The molecule has 1 heterocycles. The first-order chi connectivity index (χ1) is 6.74. The highest BCUT2D eigenvalue weighted by molar-refractivity contribution is 4.76. The van der Waals surface area contributed by atoms with Gasteiger partial charge in [0.05, 0.1) is 0 Å². The van der Waals surface area contributed by atoms with E-state index in [2.05, 4.69) is 26.1 Å². The molecule has 1 saturated heterocycles. The number of nitrogens with one attached hydrogen (secondary N) is 1. The SMILES string of the molecule is CCC(NC1CCCOCC1)C(C)C. The summed E-state index contributed by atoms with van der Waals surface area (Å²) >= 11 is 0. The van der Waals surface area contributed by atoms with Crippen LogP contribution in [0.1, 0.15) is 46.5 Å². The molecule has 0 saturated carbocycles. The fourth-order valence-electron chi connectivity index (χ4n) is 2.15. The molecule has 0 aliphatic carbocycles. The Morgan fingerprint density at radius 1 is 1.29 bits per heavy atom. The zero-order valence-corrected chi connectivity index (χ0v) is 9.88. The molecule has 0 spiro atoms. The number of hydrogen-bond donors (Lipinski definition) is 1. The Bertz CT molecular complexity index is 139. The maximum absolute atomic E-state index is 5.46. The van der Waals surface area contributed by atoms with E-state index in [9.17, 15) is 0 Å². The zero-order valence-electron chi connectivity index (χ0n) is 9.88. The first-order valence-corrected chi connectivity index (χ1v) is 6.07. The zero-order chi connectivity index (χ0) is 10.4. The third-order valence-electron chi connectivity index (χ3n) is 3.15. The van der Waals surface area contributed by atoms with Crippen molar-refractivity contribution in [3.05, 3.63) is 0 Å². The van der Waals surface area contributed by atoms with Crippen molar-refractivity contribution in [1.82, 2.24) is 5.32 Å². The number of rotatable bonds is 4. The second kappa shape index (κ2) is 6.41. The molecule has 1 aliphatic rings. The molecule has 1 aliphatic heterocycles. The first-order valence-electron chi connectivity index (χ1n) is 6.07. The van der Waals surface area contributed by atoms with E-state index in [4.69, 9.17) is 4.74 Å². The van der Waals surface area contributed by atoms with E-state index in [1.165, 1.54) is 25.7 Å². The quantitative estimate of drug-likeness (QED) is 0.751. The molecule has 1 fully saturated rings. The van der Waals surface area contributed by atoms with Crippen LogP contribution in [0.5, 0.6) is 0 Å². The van der Waals surface area contributed by atoms with Gasteiger partial charge < -0.3 is 10.1 Å². The summed E-state index contributed by atoms with van der Waals surface area (Å²) in [6.07, 6.45) is 4.91. The summed E-state index contributed by atoms with van der Waals surface area (Å²) in [5.74, 6) is 0.740. The highest BCUT2D eigenvalue weighted by Crippen LogP contribution is 2.13. The van der Waals surface area contributed by atoms with E-state index in [0.29, 0.717) is 12.1 Å². The largest absolute Gasteiger partial charge is 0.381 e. The van der Waals surface area contributed by atoms with Crippen LogP contribution < -0.4 is 5.32 Å². The maximum atomic E-state index is 5.46. The lowest BCUT2D eigenvalue weighted by Crippen LogP contribution is -2.41.